The van der Waals surface area contributed by atoms with Crippen LogP contribution in [-0.4, -0.2) is 34.1 Å². The maximum absolute atomic E-state index is 10.5. The Balaban J connectivity index is 1.23. The molecule has 3 heteroatoms. The summed E-state index contributed by atoms with van der Waals surface area (Å²) in [4.78, 5) is 0. The average Bonchev–Trinajstić information content (AvgIpc) is 3.12. The van der Waals surface area contributed by atoms with E-state index in [0.717, 1.165) is 74.5 Å². The molecule has 0 unspecified atom stereocenters. The summed E-state index contributed by atoms with van der Waals surface area (Å²) < 4.78 is 6.29. The molecule has 0 spiro atoms. The Labute approximate surface area is 215 Å². The molecule has 5 aliphatic carbocycles. The summed E-state index contributed by atoms with van der Waals surface area (Å²) in [5.41, 5.74) is 1.52. The van der Waals surface area contributed by atoms with Crippen LogP contribution >= 0.6 is 0 Å². The van der Waals surface area contributed by atoms with E-state index in [1.165, 1.54) is 44.9 Å². The van der Waals surface area contributed by atoms with Crippen molar-refractivity contribution in [1.29, 1.82) is 0 Å². The van der Waals surface area contributed by atoms with Crippen LogP contribution in [0.5, 0.6) is 0 Å². The van der Waals surface area contributed by atoms with Crippen LogP contribution in [0.4, 0.5) is 0 Å². The van der Waals surface area contributed by atoms with Crippen LogP contribution in [0.1, 0.15) is 125 Å². The van der Waals surface area contributed by atoms with Crippen LogP contribution in [0.15, 0.2) is 11.6 Å². The molecule has 0 heterocycles. The summed E-state index contributed by atoms with van der Waals surface area (Å²) in [5, 5.41) is 20.6. The topological polar surface area (TPSA) is 49.7 Å². The van der Waals surface area contributed by atoms with E-state index in [1.54, 1.807) is 5.57 Å². The molecule has 200 valence electrons. The van der Waals surface area contributed by atoms with E-state index >= 15 is 0 Å². The van der Waals surface area contributed by atoms with Crippen LogP contribution in [0, 0.1) is 40.4 Å². The van der Waals surface area contributed by atoms with Gasteiger partial charge in [-0.25, -0.2) is 0 Å². The zero-order valence-corrected chi connectivity index (χ0v) is 23.5. The van der Waals surface area contributed by atoms with Gasteiger partial charge in [-0.1, -0.05) is 45.3 Å². The molecule has 0 aromatic rings. The third-order valence-corrected chi connectivity index (χ3v) is 12.1. The lowest BCUT2D eigenvalue weighted by Gasteiger charge is -2.58. The Kier molecular flexibility index (Phi) is 7.06. The van der Waals surface area contributed by atoms with Crippen molar-refractivity contribution >= 4 is 0 Å². The number of hydrogen-bond donors (Lipinski definition) is 2. The lowest BCUT2D eigenvalue weighted by atomic mass is 9.47. The van der Waals surface area contributed by atoms with Crippen molar-refractivity contribution in [3.05, 3.63) is 11.6 Å². The molecule has 0 radical (unpaired) electrons. The number of hydrogen-bond acceptors (Lipinski definition) is 3. The summed E-state index contributed by atoms with van der Waals surface area (Å²) in [6.45, 7) is 12.2. The van der Waals surface area contributed by atoms with Crippen molar-refractivity contribution in [3.63, 3.8) is 0 Å². The first kappa shape index (κ1) is 26.2. The van der Waals surface area contributed by atoms with Gasteiger partial charge in [0.05, 0.1) is 23.9 Å². The van der Waals surface area contributed by atoms with Gasteiger partial charge in [0.15, 0.2) is 0 Å². The predicted molar refractivity (Wildman–Crippen MR) is 143 cm³/mol. The molecule has 0 aromatic carbocycles. The minimum absolute atomic E-state index is 0.310. The molecule has 0 amide bonds. The summed E-state index contributed by atoms with van der Waals surface area (Å²) in [5.74, 6) is 4.23. The van der Waals surface area contributed by atoms with E-state index in [4.69, 9.17) is 4.74 Å². The highest BCUT2D eigenvalue weighted by Gasteiger charge is 2.59. The summed E-state index contributed by atoms with van der Waals surface area (Å²) in [6, 6.07) is 0. The minimum atomic E-state index is -0.526. The van der Waals surface area contributed by atoms with E-state index in [-0.39, 0.29) is 0 Å². The van der Waals surface area contributed by atoms with Crippen molar-refractivity contribution in [2.45, 2.75) is 142 Å². The van der Waals surface area contributed by atoms with Gasteiger partial charge in [-0.15, -0.1) is 0 Å². The quantitative estimate of drug-likeness (QED) is 0.350. The molecule has 8 atom stereocenters. The van der Waals surface area contributed by atoms with Crippen LogP contribution < -0.4 is 0 Å². The van der Waals surface area contributed by atoms with E-state index in [1.807, 2.05) is 13.8 Å². The zero-order chi connectivity index (χ0) is 25.1. The van der Waals surface area contributed by atoms with Gasteiger partial charge in [-0.05, 0) is 131 Å². The first-order valence-electron chi connectivity index (χ1n) is 15.2. The highest BCUT2D eigenvalue weighted by atomic mass is 16.5. The van der Waals surface area contributed by atoms with E-state index in [2.05, 4.69) is 26.8 Å². The van der Waals surface area contributed by atoms with Crippen LogP contribution in [0.25, 0.3) is 0 Å². The highest BCUT2D eigenvalue weighted by molar-refractivity contribution is 5.25. The Morgan fingerprint density at radius 1 is 1.06 bits per heavy atom. The molecule has 0 aliphatic heterocycles. The fraction of sp³-hybridized carbons (Fsp3) is 0.938. The molecule has 0 aromatic heterocycles. The third-order valence-electron chi connectivity index (χ3n) is 12.1. The summed E-state index contributed by atoms with van der Waals surface area (Å²) >= 11 is 0. The fourth-order valence-electron chi connectivity index (χ4n) is 9.81. The highest BCUT2D eigenvalue weighted by Crippen LogP contribution is 2.67. The smallest absolute Gasteiger partial charge is 0.0880 e. The molecular formula is C32H54O3. The Bertz CT molecular complexity index is 791. The van der Waals surface area contributed by atoms with Gasteiger partial charge in [0.1, 0.15) is 0 Å². The number of rotatable bonds is 8. The zero-order valence-electron chi connectivity index (χ0n) is 23.5. The van der Waals surface area contributed by atoms with Gasteiger partial charge < -0.3 is 14.9 Å². The number of allylic oxidation sites excluding steroid dienone is 1. The van der Waals surface area contributed by atoms with Crippen LogP contribution in [-0.2, 0) is 4.74 Å². The monoisotopic (exact) mass is 486 g/mol. The first-order valence-corrected chi connectivity index (χ1v) is 15.2. The molecule has 5 aliphatic rings. The molecule has 0 saturated heterocycles. The lowest BCUT2D eigenvalue weighted by molar-refractivity contribution is -0.124. The van der Waals surface area contributed by atoms with Crippen molar-refractivity contribution in [1.82, 2.24) is 0 Å². The molecular weight excluding hydrogens is 432 g/mol. The Hall–Kier alpha value is -0.380. The molecule has 35 heavy (non-hydrogen) atoms. The predicted octanol–water partition coefficient (Wildman–Crippen LogP) is 7.44. The van der Waals surface area contributed by atoms with Gasteiger partial charge in [-0.2, -0.15) is 0 Å². The maximum Gasteiger partial charge on any atom is 0.0880 e. The van der Waals surface area contributed by atoms with Crippen LogP contribution in [0.2, 0.25) is 0 Å². The minimum Gasteiger partial charge on any atom is -0.390 e. The number of aliphatic hydroxyl groups is 2. The SMILES string of the molecule is C[C@H](CCCC(C)(C)O)[C@H]1CC[C@H]2[C@@H]3CC=C4C[C@@H](OCC5(O)CCC5)CC[C@]4(C)[C@H]3CC[C@]12C. The van der Waals surface area contributed by atoms with Gasteiger partial charge in [0.2, 0.25) is 0 Å². The molecule has 4 saturated carbocycles. The van der Waals surface area contributed by atoms with E-state index in [9.17, 15) is 10.2 Å². The van der Waals surface area contributed by atoms with E-state index in [0.29, 0.717) is 23.5 Å². The largest absolute Gasteiger partial charge is 0.390 e. The van der Waals surface area contributed by atoms with Gasteiger partial charge in [0.25, 0.3) is 0 Å². The Morgan fingerprint density at radius 3 is 2.51 bits per heavy atom. The first-order chi connectivity index (χ1) is 16.4. The molecule has 0 bridgehead atoms. The molecule has 4 fully saturated rings. The standard InChI is InChI=1S/C32H54O3/c1-22(8-6-15-29(2,3)33)26-11-12-27-25-10-9-23-20-24(35-21-32(34)16-7-17-32)13-18-30(23,4)28(25)14-19-31(26,27)5/h9,22,24-28,33-34H,6-8,10-21H2,1-5H3/t22-,24+,25+,26-,27+,28+,30+,31-/m1/s1. The van der Waals surface area contributed by atoms with Gasteiger partial charge in [0, 0.05) is 0 Å². The fourth-order valence-corrected chi connectivity index (χ4v) is 9.81. The number of ether oxygens (including phenoxy) is 1. The second kappa shape index (κ2) is 9.42. The van der Waals surface area contributed by atoms with Crippen molar-refractivity contribution in [2.24, 2.45) is 40.4 Å². The molecule has 5 rings (SSSR count). The van der Waals surface area contributed by atoms with Crippen LogP contribution in [0.3, 0.4) is 0 Å². The van der Waals surface area contributed by atoms with Gasteiger partial charge >= 0.3 is 0 Å². The number of fused-ring (bicyclic) bond motifs is 5. The lowest BCUT2D eigenvalue weighted by Crippen LogP contribution is -2.51. The summed E-state index contributed by atoms with van der Waals surface area (Å²) in [7, 11) is 0. The third kappa shape index (κ3) is 4.92. The second-order valence-electron chi connectivity index (χ2n) is 14.9. The Morgan fingerprint density at radius 2 is 1.83 bits per heavy atom. The van der Waals surface area contributed by atoms with Crippen molar-refractivity contribution in [3.8, 4) is 0 Å². The van der Waals surface area contributed by atoms with E-state index < -0.39 is 11.2 Å². The second-order valence-corrected chi connectivity index (χ2v) is 14.9. The van der Waals surface area contributed by atoms with Crippen molar-refractivity contribution in [2.75, 3.05) is 6.61 Å². The summed E-state index contributed by atoms with van der Waals surface area (Å²) in [6.07, 6.45) is 19.8. The maximum atomic E-state index is 10.5. The normalized spacial score (nSPS) is 43.4. The van der Waals surface area contributed by atoms with Gasteiger partial charge in [-0.3, -0.25) is 0 Å². The average molecular weight is 487 g/mol. The molecule has 2 N–H and O–H groups in total. The molecule has 3 nitrogen and oxygen atoms in total. The van der Waals surface area contributed by atoms with Crippen molar-refractivity contribution < 1.29 is 14.9 Å².